The second-order valence-electron chi connectivity index (χ2n) is 6.96. The molecule has 33 heavy (non-hydrogen) atoms. The number of nitro benzene ring substituents is 1. The highest BCUT2D eigenvalue weighted by molar-refractivity contribution is 7.99. The Balaban J connectivity index is 1.72. The molecule has 0 aliphatic heterocycles. The van der Waals surface area contributed by atoms with Crippen LogP contribution in [-0.2, 0) is 6.54 Å². The van der Waals surface area contributed by atoms with E-state index < -0.39 is 11.0 Å². The summed E-state index contributed by atoms with van der Waals surface area (Å²) in [7, 11) is 0. The largest absolute Gasteiger partial charge is 0.342 e. The molecule has 0 saturated carbocycles. The van der Waals surface area contributed by atoms with Crippen LogP contribution in [0.2, 0.25) is 5.02 Å². The zero-order valence-electron chi connectivity index (χ0n) is 17.6. The van der Waals surface area contributed by atoms with E-state index in [1.54, 1.807) is 41.8 Å². The number of rotatable bonds is 10. The van der Waals surface area contributed by atoms with Crippen molar-refractivity contribution in [2.24, 2.45) is 0 Å². The van der Waals surface area contributed by atoms with E-state index in [0.717, 1.165) is 11.8 Å². The van der Waals surface area contributed by atoms with Gasteiger partial charge in [-0.05, 0) is 25.1 Å². The van der Waals surface area contributed by atoms with Gasteiger partial charge in [0.15, 0.2) is 16.8 Å². The van der Waals surface area contributed by atoms with E-state index >= 15 is 0 Å². The van der Waals surface area contributed by atoms with Gasteiger partial charge >= 0.3 is 0 Å². The first-order valence-electron chi connectivity index (χ1n) is 9.81. The zero-order chi connectivity index (χ0) is 24.0. The van der Waals surface area contributed by atoms with Crippen LogP contribution in [0.25, 0.3) is 0 Å². The van der Waals surface area contributed by atoms with Gasteiger partial charge in [-0.1, -0.05) is 47.6 Å². The molecule has 3 aromatic rings. The van der Waals surface area contributed by atoms with Gasteiger partial charge in [0.2, 0.25) is 0 Å². The monoisotopic (exact) mass is 485 g/mol. The number of ketones is 1. The number of thioether (sulfide) groups is 1. The van der Waals surface area contributed by atoms with Gasteiger partial charge < -0.3 is 9.88 Å². The maximum absolute atomic E-state index is 12.6. The summed E-state index contributed by atoms with van der Waals surface area (Å²) < 4.78 is 1.75. The minimum Gasteiger partial charge on any atom is -0.342 e. The number of benzene rings is 2. The number of aromatic nitrogens is 3. The van der Waals surface area contributed by atoms with E-state index in [2.05, 4.69) is 22.1 Å². The Morgan fingerprint density at radius 1 is 1.24 bits per heavy atom. The van der Waals surface area contributed by atoms with Crippen molar-refractivity contribution in [2.45, 2.75) is 24.7 Å². The molecule has 0 aliphatic rings. The van der Waals surface area contributed by atoms with Crippen LogP contribution in [-0.4, -0.2) is 37.1 Å². The van der Waals surface area contributed by atoms with Gasteiger partial charge in [-0.3, -0.25) is 19.7 Å². The Bertz CT molecular complexity index is 1210. The second kappa shape index (κ2) is 10.9. The average molecular weight is 486 g/mol. The van der Waals surface area contributed by atoms with Crippen LogP contribution in [0.15, 0.2) is 66.3 Å². The molecule has 3 rings (SSSR count). The number of hydrogen-bond donors (Lipinski definition) is 1. The highest BCUT2D eigenvalue weighted by Crippen LogP contribution is 2.23. The highest BCUT2D eigenvalue weighted by atomic mass is 35.5. The van der Waals surface area contributed by atoms with Crippen LogP contribution in [0.3, 0.4) is 0 Å². The second-order valence-corrected chi connectivity index (χ2v) is 8.34. The van der Waals surface area contributed by atoms with Crippen LogP contribution in [0.5, 0.6) is 0 Å². The quantitative estimate of drug-likeness (QED) is 0.148. The third-order valence-corrected chi connectivity index (χ3v) is 5.79. The van der Waals surface area contributed by atoms with E-state index in [-0.39, 0.29) is 28.7 Å². The molecule has 170 valence electrons. The van der Waals surface area contributed by atoms with Gasteiger partial charge in [0, 0.05) is 34.8 Å². The normalized spacial score (nSPS) is 11.6. The fourth-order valence-corrected chi connectivity index (χ4v) is 4.05. The van der Waals surface area contributed by atoms with Crippen LogP contribution < -0.4 is 5.32 Å². The Labute approximate surface area is 199 Å². The number of carbonyl (C=O) groups excluding carboxylic acids is 2. The predicted octanol–water partition coefficient (Wildman–Crippen LogP) is 4.49. The number of allylic oxidation sites excluding steroid dienone is 1. The summed E-state index contributed by atoms with van der Waals surface area (Å²) in [5, 5.41) is 23.1. The average Bonchev–Trinajstić information content (AvgIpc) is 3.20. The lowest BCUT2D eigenvalue weighted by Gasteiger charge is -2.15. The molecular formula is C22H20ClN5O4S. The summed E-state index contributed by atoms with van der Waals surface area (Å²) in [6, 6.07) is 11.7. The number of nitrogens with zero attached hydrogens (tertiary/aromatic N) is 4. The smallest absolute Gasteiger partial charge is 0.270 e. The van der Waals surface area contributed by atoms with Crippen molar-refractivity contribution < 1.29 is 14.5 Å². The van der Waals surface area contributed by atoms with Crippen LogP contribution in [0.1, 0.15) is 39.5 Å². The fourth-order valence-electron chi connectivity index (χ4n) is 3.01. The Morgan fingerprint density at radius 2 is 1.97 bits per heavy atom. The van der Waals surface area contributed by atoms with Gasteiger partial charge in [-0.25, -0.2) is 0 Å². The third-order valence-electron chi connectivity index (χ3n) is 4.59. The predicted molar refractivity (Wildman–Crippen MR) is 126 cm³/mol. The molecule has 1 amide bonds. The van der Waals surface area contributed by atoms with Crippen molar-refractivity contribution in [2.75, 3.05) is 5.75 Å². The molecule has 0 unspecified atom stereocenters. The van der Waals surface area contributed by atoms with Crippen LogP contribution in [0, 0.1) is 10.1 Å². The number of non-ortho nitro benzene ring substituents is 1. The van der Waals surface area contributed by atoms with Gasteiger partial charge in [0.05, 0.1) is 16.7 Å². The molecule has 2 aromatic carbocycles. The molecule has 1 atom stereocenters. The molecule has 9 nitrogen and oxygen atoms in total. The molecule has 1 N–H and O–H groups in total. The van der Waals surface area contributed by atoms with Crippen LogP contribution in [0.4, 0.5) is 5.69 Å². The summed E-state index contributed by atoms with van der Waals surface area (Å²) in [6.07, 6.45) is 1.66. The molecule has 0 spiro atoms. The molecule has 1 aromatic heterocycles. The number of amides is 1. The zero-order valence-corrected chi connectivity index (χ0v) is 19.2. The summed E-state index contributed by atoms with van der Waals surface area (Å²) in [6.45, 7) is 5.89. The summed E-state index contributed by atoms with van der Waals surface area (Å²) in [4.78, 5) is 35.5. The molecular weight excluding hydrogens is 466 g/mol. The SMILES string of the molecule is C=CCn1c(SCC(=O)c2cccc([N+](=O)[O-])c2)nnc1[C@@H](C)NC(=O)c1cccc(Cl)c1. The topological polar surface area (TPSA) is 120 Å². The van der Waals surface area contributed by atoms with Crippen molar-refractivity contribution in [3.05, 3.63) is 93.3 Å². The van der Waals surface area contributed by atoms with Gasteiger partial charge in [0.25, 0.3) is 11.6 Å². The van der Waals surface area contributed by atoms with Crippen molar-refractivity contribution >= 4 is 40.7 Å². The van der Waals surface area contributed by atoms with Crippen molar-refractivity contribution in [3.63, 3.8) is 0 Å². The molecule has 0 aliphatic carbocycles. The minimum atomic E-state index is -0.546. The lowest BCUT2D eigenvalue weighted by atomic mass is 10.1. The fraction of sp³-hybridized carbons (Fsp3) is 0.182. The van der Waals surface area contributed by atoms with E-state index in [0.29, 0.717) is 28.1 Å². The standard InChI is InChI=1S/C22H20ClN5O4S/c1-3-10-27-20(14(2)24-21(30)16-7-4-8-17(23)11-16)25-26-22(27)33-13-19(29)15-6-5-9-18(12-15)28(31)32/h3-9,11-12,14H,1,10,13H2,2H3,(H,24,30)/t14-/m1/s1. The Morgan fingerprint density at radius 3 is 2.67 bits per heavy atom. The van der Waals surface area contributed by atoms with E-state index in [1.165, 1.54) is 24.3 Å². The number of nitrogens with one attached hydrogen (secondary N) is 1. The number of hydrogen-bond acceptors (Lipinski definition) is 7. The third kappa shape index (κ3) is 6.05. The number of carbonyl (C=O) groups is 2. The van der Waals surface area contributed by atoms with Gasteiger partial charge in [0.1, 0.15) is 0 Å². The van der Waals surface area contributed by atoms with E-state index in [1.807, 2.05) is 0 Å². The first-order chi connectivity index (χ1) is 15.8. The van der Waals surface area contributed by atoms with E-state index in [4.69, 9.17) is 11.6 Å². The Kier molecular flexibility index (Phi) is 7.96. The number of nitro groups is 1. The summed E-state index contributed by atoms with van der Waals surface area (Å²) >= 11 is 7.11. The number of Topliss-reactive ketones (excluding diaryl/α,β-unsaturated/α-hetero) is 1. The first kappa shape index (κ1) is 24.1. The molecule has 0 radical (unpaired) electrons. The van der Waals surface area contributed by atoms with Gasteiger partial charge in [-0.15, -0.1) is 16.8 Å². The molecule has 0 saturated heterocycles. The van der Waals surface area contributed by atoms with Crippen LogP contribution >= 0.6 is 23.4 Å². The minimum absolute atomic E-state index is 0.0136. The van der Waals surface area contributed by atoms with E-state index in [9.17, 15) is 19.7 Å². The van der Waals surface area contributed by atoms with Crippen molar-refractivity contribution in [1.29, 1.82) is 0 Å². The summed E-state index contributed by atoms with van der Waals surface area (Å²) in [5.74, 6) is -0.0795. The maximum atomic E-state index is 12.6. The first-order valence-corrected chi connectivity index (χ1v) is 11.2. The Hall–Kier alpha value is -3.50. The molecule has 0 fully saturated rings. The lowest BCUT2D eigenvalue weighted by molar-refractivity contribution is -0.384. The van der Waals surface area contributed by atoms with Gasteiger partial charge in [-0.2, -0.15) is 0 Å². The highest BCUT2D eigenvalue weighted by Gasteiger charge is 2.21. The van der Waals surface area contributed by atoms with Crippen molar-refractivity contribution in [3.8, 4) is 0 Å². The maximum Gasteiger partial charge on any atom is 0.270 e. The number of halogens is 1. The molecule has 1 heterocycles. The summed E-state index contributed by atoms with van der Waals surface area (Å²) in [5.41, 5.74) is 0.516. The molecule has 11 heteroatoms. The lowest BCUT2D eigenvalue weighted by Crippen LogP contribution is -2.28. The molecule has 0 bridgehead atoms. The van der Waals surface area contributed by atoms with Crippen molar-refractivity contribution in [1.82, 2.24) is 20.1 Å².